The Morgan fingerprint density at radius 3 is 2.50 bits per heavy atom. The van der Waals surface area contributed by atoms with Gasteiger partial charge in [-0.15, -0.1) is 11.3 Å². The molecule has 0 aliphatic rings. The van der Waals surface area contributed by atoms with Crippen molar-refractivity contribution in [1.82, 2.24) is 0 Å². The van der Waals surface area contributed by atoms with Crippen molar-refractivity contribution in [2.75, 3.05) is 5.32 Å². The summed E-state index contributed by atoms with van der Waals surface area (Å²) in [4.78, 5) is 2.29. The number of nitrogens with zero attached hydrogens (tertiary/aromatic N) is 1. The third kappa shape index (κ3) is 2.41. The van der Waals surface area contributed by atoms with Crippen LogP contribution in [0.4, 0.5) is 5.69 Å². The largest absolute Gasteiger partial charge is 0.366 e. The fourth-order valence-electron chi connectivity index (χ4n) is 1.48. The zero-order valence-electron chi connectivity index (χ0n) is 8.97. The van der Waals surface area contributed by atoms with E-state index in [0.29, 0.717) is 0 Å². The predicted molar refractivity (Wildman–Crippen MR) is 67.5 cm³/mol. The Kier molecular flexibility index (Phi) is 3.23. The summed E-state index contributed by atoms with van der Waals surface area (Å²) in [5, 5.41) is 12.4. The first kappa shape index (κ1) is 10.7. The molecule has 0 amide bonds. The fraction of sp³-hybridized carbons (Fsp3) is 0.154. The van der Waals surface area contributed by atoms with Gasteiger partial charge in [0.05, 0.1) is 6.07 Å². The van der Waals surface area contributed by atoms with E-state index in [4.69, 9.17) is 5.26 Å². The number of hydrogen-bond donors (Lipinski definition) is 1. The Bertz CT molecular complexity index is 496. The van der Waals surface area contributed by atoms with Crippen LogP contribution in [0.15, 0.2) is 42.5 Å². The Hall–Kier alpha value is -1.79. The van der Waals surface area contributed by atoms with E-state index in [9.17, 15) is 0 Å². The van der Waals surface area contributed by atoms with Crippen LogP contribution in [-0.4, -0.2) is 0 Å². The molecule has 2 nitrogen and oxygen atoms in total. The lowest BCUT2D eigenvalue weighted by Gasteiger charge is -2.10. The Balaban J connectivity index is 2.16. The average molecular weight is 228 g/mol. The van der Waals surface area contributed by atoms with Gasteiger partial charge in [0.25, 0.3) is 0 Å². The molecule has 0 aliphatic carbocycles. The molecule has 2 aromatic rings. The van der Waals surface area contributed by atoms with Crippen LogP contribution in [0.5, 0.6) is 0 Å². The number of para-hydroxylation sites is 1. The molecule has 3 heteroatoms. The molecule has 0 aliphatic heterocycles. The lowest BCUT2D eigenvalue weighted by Crippen LogP contribution is -2.06. The van der Waals surface area contributed by atoms with Crippen LogP contribution >= 0.6 is 11.3 Å². The highest BCUT2D eigenvalue weighted by Crippen LogP contribution is 2.25. The Morgan fingerprint density at radius 2 is 1.94 bits per heavy atom. The SMILES string of the molecule is Cc1ccc(C(C#N)Nc2ccccc2)s1. The number of nitrogens with one attached hydrogen (secondary N) is 1. The van der Waals surface area contributed by atoms with Gasteiger partial charge in [0.15, 0.2) is 0 Å². The molecular weight excluding hydrogens is 216 g/mol. The normalized spacial score (nSPS) is 11.8. The van der Waals surface area contributed by atoms with E-state index in [1.165, 1.54) is 4.88 Å². The highest BCUT2D eigenvalue weighted by molar-refractivity contribution is 7.12. The van der Waals surface area contributed by atoms with E-state index in [1.807, 2.05) is 49.4 Å². The van der Waals surface area contributed by atoms with Crippen molar-refractivity contribution in [3.05, 3.63) is 52.2 Å². The molecule has 0 saturated heterocycles. The molecule has 0 radical (unpaired) electrons. The average Bonchev–Trinajstić information content (AvgIpc) is 2.74. The molecule has 1 unspecified atom stereocenters. The molecule has 0 fully saturated rings. The predicted octanol–water partition coefficient (Wildman–Crippen LogP) is 3.73. The van der Waals surface area contributed by atoms with Gasteiger partial charge >= 0.3 is 0 Å². The van der Waals surface area contributed by atoms with E-state index < -0.39 is 0 Å². The molecule has 1 N–H and O–H groups in total. The van der Waals surface area contributed by atoms with Gasteiger partial charge in [-0.3, -0.25) is 0 Å². The number of thiophene rings is 1. The second-order valence-corrected chi connectivity index (χ2v) is 4.84. The van der Waals surface area contributed by atoms with Crippen molar-refractivity contribution in [3.8, 4) is 6.07 Å². The van der Waals surface area contributed by atoms with Crippen LogP contribution in [0.25, 0.3) is 0 Å². The molecule has 0 saturated carbocycles. The number of anilines is 1. The zero-order valence-corrected chi connectivity index (χ0v) is 9.79. The van der Waals surface area contributed by atoms with E-state index >= 15 is 0 Å². The van der Waals surface area contributed by atoms with Crippen molar-refractivity contribution in [2.45, 2.75) is 13.0 Å². The summed E-state index contributed by atoms with van der Waals surface area (Å²) in [6.07, 6.45) is 0. The first-order valence-corrected chi connectivity index (χ1v) is 5.89. The number of benzene rings is 1. The highest BCUT2D eigenvalue weighted by Gasteiger charge is 2.11. The van der Waals surface area contributed by atoms with Crippen LogP contribution in [0.3, 0.4) is 0 Å². The van der Waals surface area contributed by atoms with Gasteiger partial charge in [-0.2, -0.15) is 5.26 Å². The van der Waals surface area contributed by atoms with E-state index in [2.05, 4.69) is 11.4 Å². The highest BCUT2D eigenvalue weighted by atomic mass is 32.1. The van der Waals surface area contributed by atoms with E-state index in [0.717, 1.165) is 10.6 Å². The van der Waals surface area contributed by atoms with Gasteiger partial charge in [0.2, 0.25) is 0 Å². The first-order chi connectivity index (χ1) is 7.79. The summed E-state index contributed by atoms with van der Waals surface area (Å²) in [5.74, 6) is 0. The summed E-state index contributed by atoms with van der Waals surface area (Å²) in [5.41, 5.74) is 0.972. The Morgan fingerprint density at radius 1 is 1.19 bits per heavy atom. The lowest BCUT2D eigenvalue weighted by atomic mass is 10.2. The van der Waals surface area contributed by atoms with Gasteiger partial charge in [-0.1, -0.05) is 18.2 Å². The summed E-state index contributed by atoms with van der Waals surface area (Å²) < 4.78 is 0. The number of hydrogen-bond acceptors (Lipinski definition) is 3. The standard InChI is InChI=1S/C13H12N2S/c1-10-7-8-13(16-10)12(9-14)15-11-5-3-2-4-6-11/h2-8,12,15H,1H3. The number of nitriles is 1. The molecule has 1 aromatic heterocycles. The van der Waals surface area contributed by atoms with Crippen LogP contribution in [0, 0.1) is 18.3 Å². The molecule has 1 heterocycles. The molecule has 1 atom stereocenters. The third-order valence-corrected chi connectivity index (χ3v) is 3.33. The van der Waals surface area contributed by atoms with Gasteiger partial charge in [-0.25, -0.2) is 0 Å². The fourth-order valence-corrected chi connectivity index (χ4v) is 2.35. The number of aryl methyl sites for hydroxylation is 1. The maximum atomic E-state index is 9.14. The number of rotatable bonds is 3. The molecule has 1 aromatic carbocycles. The maximum Gasteiger partial charge on any atom is 0.149 e. The van der Waals surface area contributed by atoms with Crippen LogP contribution in [0.2, 0.25) is 0 Å². The van der Waals surface area contributed by atoms with Crippen molar-refractivity contribution < 1.29 is 0 Å². The van der Waals surface area contributed by atoms with Crippen molar-refractivity contribution in [3.63, 3.8) is 0 Å². The van der Waals surface area contributed by atoms with Crippen LogP contribution < -0.4 is 5.32 Å². The third-order valence-electron chi connectivity index (χ3n) is 2.26. The van der Waals surface area contributed by atoms with Crippen LogP contribution in [0.1, 0.15) is 15.8 Å². The van der Waals surface area contributed by atoms with Crippen molar-refractivity contribution >= 4 is 17.0 Å². The summed E-state index contributed by atoms with van der Waals surface area (Å²) in [6, 6.07) is 15.9. The second kappa shape index (κ2) is 4.82. The molecule has 80 valence electrons. The van der Waals surface area contributed by atoms with E-state index in [-0.39, 0.29) is 6.04 Å². The smallest absolute Gasteiger partial charge is 0.149 e. The zero-order chi connectivity index (χ0) is 11.4. The minimum Gasteiger partial charge on any atom is -0.366 e. The monoisotopic (exact) mass is 228 g/mol. The summed E-state index contributed by atoms with van der Waals surface area (Å²) in [7, 11) is 0. The lowest BCUT2D eigenvalue weighted by molar-refractivity contribution is 1.03. The molecular formula is C13H12N2S. The Labute approximate surface area is 99.2 Å². The summed E-state index contributed by atoms with van der Waals surface area (Å²) >= 11 is 1.65. The first-order valence-electron chi connectivity index (χ1n) is 5.07. The van der Waals surface area contributed by atoms with E-state index in [1.54, 1.807) is 11.3 Å². The van der Waals surface area contributed by atoms with Crippen molar-refractivity contribution in [2.24, 2.45) is 0 Å². The molecule has 0 bridgehead atoms. The maximum absolute atomic E-state index is 9.14. The van der Waals surface area contributed by atoms with Gasteiger partial charge in [0.1, 0.15) is 6.04 Å². The minimum absolute atomic E-state index is 0.263. The van der Waals surface area contributed by atoms with Gasteiger partial charge < -0.3 is 5.32 Å². The molecule has 2 rings (SSSR count). The topological polar surface area (TPSA) is 35.8 Å². The van der Waals surface area contributed by atoms with Crippen LogP contribution in [-0.2, 0) is 0 Å². The van der Waals surface area contributed by atoms with Gasteiger partial charge in [-0.05, 0) is 31.2 Å². The molecule has 16 heavy (non-hydrogen) atoms. The second-order valence-electron chi connectivity index (χ2n) is 3.52. The summed E-state index contributed by atoms with van der Waals surface area (Å²) in [6.45, 7) is 2.05. The quantitative estimate of drug-likeness (QED) is 0.868. The minimum atomic E-state index is -0.263. The molecule has 0 spiro atoms. The van der Waals surface area contributed by atoms with Gasteiger partial charge in [0, 0.05) is 15.4 Å². The van der Waals surface area contributed by atoms with Crippen molar-refractivity contribution in [1.29, 1.82) is 5.26 Å².